The fraction of sp³-hybridized carbons (Fsp3) is 0.0500. The number of rotatable bonds is 5. The molecule has 29 heavy (non-hydrogen) atoms. The SMILES string of the molecule is Cn1cc(Nc2ncc(Cl)c(N(c3ccccc3)c3cc(N)ccc3F)n2)cn1. The van der Waals surface area contributed by atoms with E-state index in [0.717, 1.165) is 0 Å². The van der Waals surface area contributed by atoms with Crippen LogP contribution >= 0.6 is 11.6 Å². The van der Waals surface area contributed by atoms with Gasteiger partial charge >= 0.3 is 0 Å². The van der Waals surface area contributed by atoms with Crippen LogP contribution in [0.15, 0.2) is 67.1 Å². The van der Waals surface area contributed by atoms with Gasteiger partial charge in [0, 0.05) is 24.6 Å². The molecule has 146 valence electrons. The molecule has 0 aliphatic rings. The van der Waals surface area contributed by atoms with Crippen LogP contribution in [0.5, 0.6) is 0 Å². The van der Waals surface area contributed by atoms with Crippen LogP contribution in [0.4, 0.5) is 38.9 Å². The molecular weight excluding hydrogens is 393 g/mol. The third kappa shape index (κ3) is 3.97. The molecule has 4 rings (SSSR count). The van der Waals surface area contributed by atoms with Gasteiger partial charge in [-0.15, -0.1) is 0 Å². The predicted molar refractivity (Wildman–Crippen MR) is 113 cm³/mol. The first-order valence-electron chi connectivity index (χ1n) is 8.69. The van der Waals surface area contributed by atoms with Crippen molar-refractivity contribution in [1.29, 1.82) is 0 Å². The maximum Gasteiger partial charge on any atom is 0.229 e. The normalized spacial score (nSPS) is 10.7. The van der Waals surface area contributed by atoms with Gasteiger partial charge < -0.3 is 11.1 Å². The number of para-hydroxylation sites is 1. The summed E-state index contributed by atoms with van der Waals surface area (Å²) < 4.78 is 16.4. The van der Waals surface area contributed by atoms with Crippen LogP contribution < -0.4 is 16.0 Å². The third-order valence-corrected chi connectivity index (χ3v) is 4.39. The average Bonchev–Trinajstić information content (AvgIpc) is 3.12. The summed E-state index contributed by atoms with van der Waals surface area (Å²) in [6.45, 7) is 0. The van der Waals surface area contributed by atoms with E-state index in [4.69, 9.17) is 17.3 Å². The number of nitrogens with one attached hydrogen (secondary N) is 1. The van der Waals surface area contributed by atoms with Gasteiger partial charge in [-0.25, -0.2) is 9.37 Å². The molecule has 0 unspecified atom stereocenters. The Kier molecular flexibility index (Phi) is 5.01. The van der Waals surface area contributed by atoms with Crippen molar-refractivity contribution in [3.63, 3.8) is 0 Å². The zero-order valence-corrected chi connectivity index (χ0v) is 16.2. The van der Waals surface area contributed by atoms with E-state index in [1.807, 2.05) is 30.3 Å². The molecule has 4 aromatic rings. The molecule has 3 N–H and O–H groups in total. The van der Waals surface area contributed by atoms with Gasteiger partial charge in [0.15, 0.2) is 5.82 Å². The van der Waals surface area contributed by atoms with Crippen LogP contribution in [0.25, 0.3) is 0 Å². The molecule has 0 radical (unpaired) electrons. The number of anilines is 6. The van der Waals surface area contributed by atoms with E-state index in [9.17, 15) is 4.39 Å². The fourth-order valence-electron chi connectivity index (χ4n) is 2.84. The summed E-state index contributed by atoms with van der Waals surface area (Å²) in [7, 11) is 1.80. The van der Waals surface area contributed by atoms with E-state index in [1.54, 1.807) is 29.0 Å². The number of hydrogen-bond donors (Lipinski definition) is 2. The minimum Gasteiger partial charge on any atom is -0.399 e. The van der Waals surface area contributed by atoms with Crippen LogP contribution in [-0.2, 0) is 7.05 Å². The van der Waals surface area contributed by atoms with Gasteiger partial charge in [0.05, 0.1) is 23.8 Å². The second kappa shape index (κ2) is 7.76. The molecule has 2 aromatic heterocycles. The molecule has 0 aliphatic heterocycles. The van der Waals surface area contributed by atoms with E-state index < -0.39 is 5.82 Å². The molecule has 0 saturated heterocycles. The summed E-state index contributed by atoms with van der Waals surface area (Å²) in [5.74, 6) is 0.144. The number of benzene rings is 2. The van der Waals surface area contributed by atoms with E-state index in [1.165, 1.54) is 24.4 Å². The first-order chi connectivity index (χ1) is 14.0. The summed E-state index contributed by atoms with van der Waals surface area (Å²) in [6.07, 6.45) is 4.89. The quantitative estimate of drug-likeness (QED) is 0.460. The molecule has 2 heterocycles. The highest BCUT2D eigenvalue weighted by atomic mass is 35.5. The number of nitrogen functional groups attached to an aromatic ring is 1. The average molecular weight is 410 g/mol. The highest BCUT2D eigenvalue weighted by Gasteiger charge is 2.21. The third-order valence-electron chi connectivity index (χ3n) is 4.12. The molecular formula is C20H17ClFN7. The Balaban J connectivity index is 1.84. The Labute approximate surface area is 171 Å². The first kappa shape index (κ1) is 18.7. The van der Waals surface area contributed by atoms with Gasteiger partial charge in [-0.3, -0.25) is 9.58 Å². The molecule has 0 amide bonds. The van der Waals surface area contributed by atoms with Crippen LogP contribution in [-0.4, -0.2) is 19.7 Å². The largest absolute Gasteiger partial charge is 0.399 e. The molecule has 0 spiro atoms. The first-order valence-corrected chi connectivity index (χ1v) is 9.07. The lowest BCUT2D eigenvalue weighted by atomic mass is 10.2. The molecule has 0 fully saturated rings. The molecule has 0 bridgehead atoms. The van der Waals surface area contributed by atoms with Gasteiger partial charge in [0.2, 0.25) is 5.95 Å². The Hall–Kier alpha value is -3.65. The van der Waals surface area contributed by atoms with Crippen molar-refractivity contribution in [2.24, 2.45) is 7.05 Å². The van der Waals surface area contributed by atoms with Crippen LogP contribution in [0.2, 0.25) is 5.02 Å². The van der Waals surface area contributed by atoms with Crippen molar-refractivity contribution < 1.29 is 4.39 Å². The highest BCUT2D eigenvalue weighted by molar-refractivity contribution is 6.33. The summed E-state index contributed by atoms with van der Waals surface area (Å²) in [5.41, 5.74) is 7.94. The number of nitrogens with two attached hydrogens (primary N) is 1. The number of nitrogens with zero attached hydrogens (tertiary/aromatic N) is 5. The second-order valence-corrected chi connectivity index (χ2v) is 6.68. The van der Waals surface area contributed by atoms with Crippen LogP contribution in [0.1, 0.15) is 0 Å². The number of aromatic nitrogens is 4. The minimum atomic E-state index is -0.459. The van der Waals surface area contributed by atoms with Gasteiger partial charge in [0.1, 0.15) is 10.8 Å². The van der Waals surface area contributed by atoms with Crippen molar-refractivity contribution in [2.75, 3.05) is 16.0 Å². The molecule has 0 aliphatic carbocycles. The van der Waals surface area contributed by atoms with Gasteiger partial charge in [-0.05, 0) is 30.3 Å². The summed E-state index contributed by atoms with van der Waals surface area (Å²) in [4.78, 5) is 10.3. The zero-order chi connectivity index (χ0) is 20.4. The topological polar surface area (TPSA) is 84.9 Å². The predicted octanol–water partition coefficient (Wildman–Crippen LogP) is 4.80. The van der Waals surface area contributed by atoms with E-state index in [2.05, 4.69) is 20.4 Å². The molecule has 0 atom stereocenters. The molecule has 9 heteroatoms. The fourth-order valence-corrected chi connectivity index (χ4v) is 3.02. The van der Waals surface area contributed by atoms with Crippen molar-refractivity contribution >= 4 is 46.1 Å². The van der Waals surface area contributed by atoms with Gasteiger partial charge in [-0.1, -0.05) is 29.8 Å². The van der Waals surface area contributed by atoms with Gasteiger partial charge in [-0.2, -0.15) is 10.1 Å². The second-order valence-electron chi connectivity index (χ2n) is 6.27. The monoisotopic (exact) mass is 409 g/mol. The maximum absolute atomic E-state index is 14.8. The lowest BCUT2D eigenvalue weighted by molar-refractivity contribution is 0.628. The highest BCUT2D eigenvalue weighted by Crippen LogP contribution is 2.39. The summed E-state index contributed by atoms with van der Waals surface area (Å²) in [5, 5.41) is 7.43. The summed E-state index contributed by atoms with van der Waals surface area (Å²) in [6, 6.07) is 13.6. The van der Waals surface area contributed by atoms with Crippen molar-refractivity contribution in [3.8, 4) is 0 Å². The number of aryl methyl sites for hydroxylation is 1. The molecule has 7 nitrogen and oxygen atoms in total. The Morgan fingerprint density at radius 1 is 1.14 bits per heavy atom. The molecule has 2 aromatic carbocycles. The van der Waals surface area contributed by atoms with E-state index >= 15 is 0 Å². The van der Waals surface area contributed by atoms with Crippen molar-refractivity contribution in [2.45, 2.75) is 0 Å². The standard InChI is InChI=1S/C20H17ClFN7/c1-28-12-14(10-25-28)26-20-24-11-16(21)19(27-20)29(15-5-3-2-4-6-15)18-9-13(23)7-8-17(18)22/h2-12H,23H2,1H3,(H,24,26,27). The van der Waals surface area contributed by atoms with Crippen LogP contribution in [0, 0.1) is 5.82 Å². The minimum absolute atomic E-state index is 0.226. The van der Waals surface area contributed by atoms with Crippen molar-refractivity contribution in [3.05, 3.63) is 78.0 Å². The van der Waals surface area contributed by atoms with E-state index in [-0.39, 0.29) is 10.7 Å². The number of halogens is 2. The number of hydrogen-bond acceptors (Lipinski definition) is 6. The Morgan fingerprint density at radius 2 is 1.93 bits per heavy atom. The van der Waals surface area contributed by atoms with Gasteiger partial charge in [0.25, 0.3) is 0 Å². The Bertz CT molecular complexity index is 1150. The van der Waals surface area contributed by atoms with Crippen LogP contribution in [0.3, 0.4) is 0 Å². The maximum atomic E-state index is 14.8. The van der Waals surface area contributed by atoms with Crippen molar-refractivity contribution in [1.82, 2.24) is 19.7 Å². The molecule has 0 saturated carbocycles. The smallest absolute Gasteiger partial charge is 0.229 e. The zero-order valence-electron chi connectivity index (χ0n) is 15.4. The lowest BCUT2D eigenvalue weighted by Gasteiger charge is -2.25. The lowest BCUT2D eigenvalue weighted by Crippen LogP contribution is -2.15. The Morgan fingerprint density at radius 3 is 2.66 bits per heavy atom. The summed E-state index contributed by atoms with van der Waals surface area (Å²) >= 11 is 6.43. The van der Waals surface area contributed by atoms with E-state index in [0.29, 0.717) is 28.8 Å².